The van der Waals surface area contributed by atoms with Crippen LogP contribution < -0.4 is 0 Å². The number of hydrogen-bond acceptors (Lipinski definition) is 4. The number of aliphatic carboxylic acids is 1. The quantitative estimate of drug-likeness (QED) is 0.655. The van der Waals surface area contributed by atoms with Gasteiger partial charge in [-0.05, 0) is 25.0 Å². The lowest BCUT2D eigenvalue weighted by atomic mass is 10.2. The molecule has 8 heteroatoms. The number of nitrogens with zero attached hydrogens (tertiary/aromatic N) is 2. The fourth-order valence-electron chi connectivity index (χ4n) is 1.71. The molecular weight excluding hydrogens is 289 g/mol. The fourth-order valence-corrected chi connectivity index (χ4v) is 1.71. The number of halogens is 3. The zero-order valence-corrected chi connectivity index (χ0v) is 10.8. The first-order chi connectivity index (χ1) is 9.99. The molecule has 0 aliphatic carbocycles. The van der Waals surface area contributed by atoms with E-state index < -0.39 is 23.4 Å². The van der Waals surface area contributed by atoms with Crippen LogP contribution in [0.3, 0.4) is 0 Å². The second-order valence-corrected chi connectivity index (χ2v) is 4.32. The summed E-state index contributed by atoms with van der Waals surface area (Å²) in [5.74, 6) is -5.27. The van der Waals surface area contributed by atoms with Crippen LogP contribution in [0.1, 0.15) is 25.2 Å². The summed E-state index contributed by atoms with van der Waals surface area (Å²) < 4.78 is 44.6. The number of carbonyl (C=O) groups is 1. The minimum absolute atomic E-state index is 0.0266. The van der Waals surface area contributed by atoms with E-state index in [4.69, 9.17) is 9.52 Å². The molecule has 0 spiro atoms. The van der Waals surface area contributed by atoms with Crippen LogP contribution in [0.25, 0.3) is 11.5 Å². The number of unbranched alkanes of at least 4 members (excludes halogenated alkanes) is 1. The summed E-state index contributed by atoms with van der Waals surface area (Å²) in [4.78, 5) is 10.3. The molecule has 2 aromatic rings. The number of carboxylic acids is 1. The molecular formula is C13H11F3N2O3. The Labute approximate surface area is 117 Å². The molecule has 0 fully saturated rings. The Morgan fingerprint density at radius 3 is 2.62 bits per heavy atom. The van der Waals surface area contributed by atoms with Crippen LogP contribution in [0.5, 0.6) is 0 Å². The van der Waals surface area contributed by atoms with Gasteiger partial charge in [-0.15, -0.1) is 10.2 Å². The minimum atomic E-state index is -1.60. The Hall–Kier alpha value is -2.38. The number of hydrogen-bond donors (Lipinski definition) is 1. The normalized spacial score (nSPS) is 10.8. The molecule has 0 amide bonds. The van der Waals surface area contributed by atoms with E-state index in [-0.39, 0.29) is 23.8 Å². The van der Waals surface area contributed by atoms with Gasteiger partial charge in [0.25, 0.3) is 5.89 Å². The van der Waals surface area contributed by atoms with Gasteiger partial charge < -0.3 is 9.52 Å². The van der Waals surface area contributed by atoms with E-state index in [2.05, 4.69) is 10.2 Å². The lowest BCUT2D eigenvalue weighted by Gasteiger charge is -1.99. The lowest BCUT2D eigenvalue weighted by Crippen LogP contribution is -1.95. The summed E-state index contributed by atoms with van der Waals surface area (Å²) in [5, 5.41) is 15.7. The number of benzene rings is 1. The molecule has 0 atom stereocenters. The van der Waals surface area contributed by atoms with Crippen LogP contribution in [-0.4, -0.2) is 21.3 Å². The average molecular weight is 300 g/mol. The molecule has 21 heavy (non-hydrogen) atoms. The standard InChI is InChI=1S/C13H11F3N2O3/c14-8-6-5-7(11(15)12(8)16)13-18-17-9(21-13)3-1-2-4-10(19)20/h5-6H,1-4H2,(H,19,20). The highest BCUT2D eigenvalue weighted by atomic mass is 19.2. The molecule has 1 N–H and O–H groups in total. The van der Waals surface area contributed by atoms with E-state index in [1.165, 1.54) is 0 Å². The molecule has 0 radical (unpaired) electrons. The maximum absolute atomic E-state index is 13.5. The van der Waals surface area contributed by atoms with Crippen molar-refractivity contribution in [1.82, 2.24) is 10.2 Å². The van der Waals surface area contributed by atoms with Gasteiger partial charge in [-0.25, -0.2) is 13.2 Å². The lowest BCUT2D eigenvalue weighted by molar-refractivity contribution is -0.137. The van der Waals surface area contributed by atoms with Crippen molar-refractivity contribution in [3.8, 4) is 11.5 Å². The molecule has 1 heterocycles. The molecule has 0 aliphatic heterocycles. The van der Waals surface area contributed by atoms with Gasteiger partial charge in [-0.2, -0.15) is 0 Å². The number of aryl methyl sites for hydroxylation is 1. The van der Waals surface area contributed by atoms with E-state index in [0.29, 0.717) is 19.3 Å². The topological polar surface area (TPSA) is 76.2 Å². The Kier molecular flexibility index (Phi) is 4.56. The molecule has 1 aromatic heterocycles. The zero-order valence-electron chi connectivity index (χ0n) is 10.8. The highest BCUT2D eigenvalue weighted by Gasteiger charge is 2.19. The van der Waals surface area contributed by atoms with Crippen molar-refractivity contribution in [3.05, 3.63) is 35.5 Å². The van der Waals surface area contributed by atoms with Crippen molar-refractivity contribution in [3.63, 3.8) is 0 Å². The van der Waals surface area contributed by atoms with Gasteiger partial charge >= 0.3 is 5.97 Å². The summed E-state index contributed by atoms with van der Waals surface area (Å²) in [6.07, 6.45) is 1.30. The Morgan fingerprint density at radius 2 is 1.90 bits per heavy atom. The van der Waals surface area contributed by atoms with E-state index in [1.807, 2.05) is 0 Å². The first kappa shape index (κ1) is 15.0. The second kappa shape index (κ2) is 6.38. The zero-order chi connectivity index (χ0) is 15.4. The van der Waals surface area contributed by atoms with Gasteiger partial charge in [0.15, 0.2) is 17.5 Å². The van der Waals surface area contributed by atoms with Crippen LogP contribution in [0.2, 0.25) is 0 Å². The summed E-state index contributed by atoms with van der Waals surface area (Å²) >= 11 is 0. The third-order valence-corrected chi connectivity index (χ3v) is 2.76. The third kappa shape index (κ3) is 3.59. The highest BCUT2D eigenvalue weighted by molar-refractivity contribution is 5.66. The van der Waals surface area contributed by atoms with Crippen LogP contribution in [-0.2, 0) is 11.2 Å². The minimum Gasteiger partial charge on any atom is -0.481 e. The molecule has 112 valence electrons. The van der Waals surface area contributed by atoms with Gasteiger partial charge in [0, 0.05) is 12.8 Å². The summed E-state index contributed by atoms with van der Waals surface area (Å²) in [7, 11) is 0. The van der Waals surface area contributed by atoms with Gasteiger partial charge in [0.2, 0.25) is 5.89 Å². The summed E-state index contributed by atoms with van der Waals surface area (Å²) in [6.45, 7) is 0. The fraction of sp³-hybridized carbons (Fsp3) is 0.308. The maximum Gasteiger partial charge on any atom is 0.303 e. The van der Waals surface area contributed by atoms with Gasteiger partial charge in [-0.1, -0.05) is 0 Å². The predicted octanol–water partition coefficient (Wildman–Crippen LogP) is 2.95. The maximum atomic E-state index is 13.5. The van der Waals surface area contributed by atoms with Crippen molar-refractivity contribution >= 4 is 5.97 Å². The molecule has 0 saturated carbocycles. The summed E-state index contributed by atoms with van der Waals surface area (Å²) in [6, 6.07) is 1.78. The van der Waals surface area contributed by atoms with Crippen LogP contribution in [0.15, 0.2) is 16.5 Å². The first-order valence-corrected chi connectivity index (χ1v) is 6.17. The van der Waals surface area contributed by atoms with Crippen LogP contribution in [0.4, 0.5) is 13.2 Å². The molecule has 0 bridgehead atoms. The Balaban J connectivity index is 2.06. The summed E-state index contributed by atoms with van der Waals surface area (Å²) in [5.41, 5.74) is -0.321. The number of rotatable bonds is 6. The SMILES string of the molecule is O=C(O)CCCCc1nnc(-c2ccc(F)c(F)c2F)o1. The van der Waals surface area contributed by atoms with Crippen molar-refractivity contribution < 1.29 is 27.5 Å². The van der Waals surface area contributed by atoms with E-state index in [0.717, 1.165) is 12.1 Å². The average Bonchev–Trinajstić information content (AvgIpc) is 2.89. The van der Waals surface area contributed by atoms with Crippen LogP contribution >= 0.6 is 0 Å². The van der Waals surface area contributed by atoms with E-state index >= 15 is 0 Å². The van der Waals surface area contributed by atoms with Crippen LogP contribution in [0, 0.1) is 17.5 Å². The van der Waals surface area contributed by atoms with Crippen molar-refractivity contribution in [1.29, 1.82) is 0 Å². The van der Waals surface area contributed by atoms with E-state index in [1.54, 1.807) is 0 Å². The van der Waals surface area contributed by atoms with Crippen molar-refractivity contribution in [2.45, 2.75) is 25.7 Å². The highest BCUT2D eigenvalue weighted by Crippen LogP contribution is 2.25. The molecule has 0 aliphatic rings. The number of carboxylic acid groups (broad SMARTS) is 1. The Bertz CT molecular complexity index is 658. The van der Waals surface area contributed by atoms with Gasteiger partial charge in [0.05, 0.1) is 5.56 Å². The largest absolute Gasteiger partial charge is 0.481 e. The Morgan fingerprint density at radius 1 is 1.14 bits per heavy atom. The monoisotopic (exact) mass is 300 g/mol. The van der Waals surface area contributed by atoms with Gasteiger partial charge in [0.1, 0.15) is 0 Å². The molecule has 0 unspecified atom stereocenters. The van der Waals surface area contributed by atoms with Crippen molar-refractivity contribution in [2.24, 2.45) is 0 Å². The van der Waals surface area contributed by atoms with Gasteiger partial charge in [-0.3, -0.25) is 4.79 Å². The van der Waals surface area contributed by atoms with Crippen molar-refractivity contribution in [2.75, 3.05) is 0 Å². The molecule has 5 nitrogen and oxygen atoms in total. The van der Waals surface area contributed by atoms with E-state index in [9.17, 15) is 18.0 Å². The third-order valence-electron chi connectivity index (χ3n) is 2.76. The predicted molar refractivity (Wildman–Crippen MR) is 64.8 cm³/mol. The molecule has 1 aromatic carbocycles. The second-order valence-electron chi connectivity index (χ2n) is 4.32. The number of aromatic nitrogens is 2. The molecule has 2 rings (SSSR count). The molecule has 0 saturated heterocycles. The smallest absolute Gasteiger partial charge is 0.303 e. The first-order valence-electron chi connectivity index (χ1n) is 6.17.